The highest BCUT2D eigenvalue weighted by molar-refractivity contribution is 5.88. The van der Waals surface area contributed by atoms with Crippen molar-refractivity contribution in [2.75, 3.05) is 6.61 Å². The molecule has 5 nitrogen and oxygen atoms in total. The lowest BCUT2D eigenvalue weighted by Gasteiger charge is -1.99. The van der Waals surface area contributed by atoms with Gasteiger partial charge in [0.2, 0.25) is 11.7 Å². The molecule has 0 N–H and O–H groups in total. The highest BCUT2D eigenvalue weighted by atomic mass is 19.3. The van der Waals surface area contributed by atoms with Crippen LogP contribution in [0.1, 0.15) is 41.1 Å². The van der Waals surface area contributed by atoms with Gasteiger partial charge in [-0.25, -0.2) is 18.6 Å². The molecule has 0 aliphatic heterocycles. The zero-order valence-electron chi connectivity index (χ0n) is 11.2. The van der Waals surface area contributed by atoms with Gasteiger partial charge in [-0.2, -0.15) is 0 Å². The van der Waals surface area contributed by atoms with Crippen LogP contribution in [-0.4, -0.2) is 17.6 Å². The number of aromatic nitrogens is 1. The van der Waals surface area contributed by atoms with Gasteiger partial charge in [0, 0.05) is 0 Å². The molecule has 0 saturated heterocycles. The van der Waals surface area contributed by atoms with E-state index in [1.165, 1.54) is 0 Å². The first-order chi connectivity index (χ1) is 9.43. The number of esters is 1. The van der Waals surface area contributed by atoms with Gasteiger partial charge < -0.3 is 13.6 Å². The summed E-state index contributed by atoms with van der Waals surface area (Å²) >= 11 is 0. The number of hydrogen-bond acceptors (Lipinski definition) is 5. The number of hydrogen-bond donors (Lipinski definition) is 0. The molecule has 2 aromatic heterocycles. The zero-order valence-corrected chi connectivity index (χ0v) is 11.2. The monoisotopic (exact) mass is 285 g/mol. The smallest absolute Gasteiger partial charge is 0.376 e. The Morgan fingerprint density at radius 2 is 2.10 bits per heavy atom. The molecule has 108 valence electrons. The first-order valence-corrected chi connectivity index (χ1v) is 5.97. The highest BCUT2D eigenvalue weighted by Gasteiger charge is 2.29. The van der Waals surface area contributed by atoms with Crippen LogP contribution in [0, 0.1) is 13.8 Å². The van der Waals surface area contributed by atoms with Gasteiger partial charge in [0.05, 0.1) is 12.2 Å². The number of alkyl halides is 2. The number of nitrogens with zero attached hydrogens (tertiary/aromatic N) is 1. The van der Waals surface area contributed by atoms with Crippen molar-refractivity contribution in [2.24, 2.45) is 0 Å². The fraction of sp³-hybridized carbons (Fsp3) is 0.385. The van der Waals surface area contributed by atoms with Crippen LogP contribution in [0.15, 0.2) is 14.9 Å². The minimum absolute atomic E-state index is 0.0569. The SMILES string of the molecule is CCOC(=O)c1oc(-c2cc(C)oc2C)nc1C(F)F. The van der Waals surface area contributed by atoms with Crippen LogP contribution in [0.2, 0.25) is 0 Å². The average molecular weight is 285 g/mol. The zero-order chi connectivity index (χ0) is 14.9. The van der Waals surface area contributed by atoms with Crippen LogP contribution >= 0.6 is 0 Å². The topological polar surface area (TPSA) is 65.5 Å². The van der Waals surface area contributed by atoms with Gasteiger partial charge in [0.25, 0.3) is 6.43 Å². The van der Waals surface area contributed by atoms with Gasteiger partial charge in [-0.05, 0) is 26.8 Å². The summed E-state index contributed by atoms with van der Waals surface area (Å²) in [6.45, 7) is 4.99. The summed E-state index contributed by atoms with van der Waals surface area (Å²) < 4.78 is 40.9. The second-order valence-electron chi connectivity index (χ2n) is 4.08. The molecule has 0 saturated carbocycles. The summed E-state index contributed by atoms with van der Waals surface area (Å²) in [6.07, 6.45) is -2.93. The summed E-state index contributed by atoms with van der Waals surface area (Å²) in [5.74, 6) is -0.556. The Hall–Kier alpha value is -2.18. The molecule has 0 amide bonds. The van der Waals surface area contributed by atoms with Crippen molar-refractivity contribution in [3.05, 3.63) is 29.0 Å². The number of rotatable bonds is 4. The van der Waals surface area contributed by atoms with E-state index in [2.05, 4.69) is 9.72 Å². The standard InChI is InChI=1S/C13H13F2NO4/c1-4-18-13(17)10-9(11(14)15)16-12(20-10)8-5-6(2)19-7(8)3/h5,11H,4H2,1-3H3. The molecule has 20 heavy (non-hydrogen) atoms. The molecule has 2 aromatic rings. The van der Waals surface area contributed by atoms with Gasteiger partial charge >= 0.3 is 5.97 Å². The Bertz CT molecular complexity index is 630. The molecular weight excluding hydrogens is 272 g/mol. The van der Waals surface area contributed by atoms with Gasteiger partial charge in [-0.15, -0.1) is 0 Å². The Balaban J connectivity index is 2.49. The van der Waals surface area contributed by atoms with Crippen molar-refractivity contribution in [2.45, 2.75) is 27.2 Å². The molecule has 2 rings (SSSR count). The molecule has 0 bridgehead atoms. The van der Waals surface area contributed by atoms with Crippen molar-refractivity contribution in [3.63, 3.8) is 0 Å². The molecule has 0 unspecified atom stereocenters. The normalized spacial score (nSPS) is 11.1. The van der Waals surface area contributed by atoms with Crippen LogP contribution < -0.4 is 0 Å². The van der Waals surface area contributed by atoms with Gasteiger partial charge in [0.1, 0.15) is 11.5 Å². The molecular formula is C13H13F2NO4. The Kier molecular flexibility index (Phi) is 3.87. The Morgan fingerprint density at radius 3 is 2.60 bits per heavy atom. The third kappa shape index (κ3) is 2.56. The minimum atomic E-state index is -2.93. The van der Waals surface area contributed by atoms with Gasteiger partial charge in [0.15, 0.2) is 5.69 Å². The Labute approximate surface area is 113 Å². The number of furan rings is 1. The lowest BCUT2D eigenvalue weighted by molar-refractivity contribution is 0.0476. The summed E-state index contributed by atoms with van der Waals surface area (Å²) in [5.41, 5.74) is -0.295. The van der Waals surface area contributed by atoms with Crippen molar-refractivity contribution in [3.8, 4) is 11.5 Å². The van der Waals surface area contributed by atoms with Crippen LogP contribution in [-0.2, 0) is 4.74 Å². The maximum absolute atomic E-state index is 12.9. The predicted molar refractivity (Wildman–Crippen MR) is 64.6 cm³/mol. The van der Waals surface area contributed by atoms with Crippen molar-refractivity contribution >= 4 is 5.97 Å². The number of halogens is 2. The van der Waals surface area contributed by atoms with E-state index in [0.29, 0.717) is 17.1 Å². The lowest BCUT2D eigenvalue weighted by atomic mass is 10.2. The largest absolute Gasteiger partial charge is 0.466 e. The second-order valence-corrected chi connectivity index (χ2v) is 4.08. The maximum Gasteiger partial charge on any atom is 0.376 e. The van der Waals surface area contributed by atoms with Crippen molar-refractivity contribution in [1.82, 2.24) is 4.98 Å². The van der Waals surface area contributed by atoms with E-state index in [1.54, 1.807) is 26.8 Å². The van der Waals surface area contributed by atoms with Gasteiger partial charge in [-0.1, -0.05) is 0 Å². The summed E-state index contributed by atoms with van der Waals surface area (Å²) in [4.78, 5) is 15.3. The molecule has 7 heteroatoms. The van der Waals surface area contributed by atoms with E-state index < -0.39 is 23.8 Å². The first-order valence-electron chi connectivity index (χ1n) is 5.97. The number of aryl methyl sites for hydroxylation is 2. The predicted octanol–water partition coefficient (Wildman–Crippen LogP) is 3.67. The quantitative estimate of drug-likeness (QED) is 0.802. The van der Waals surface area contributed by atoms with E-state index in [9.17, 15) is 13.6 Å². The number of oxazole rings is 1. The van der Waals surface area contributed by atoms with Gasteiger partial charge in [-0.3, -0.25) is 0 Å². The summed E-state index contributed by atoms with van der Waals surface area (Å²) in [7, 11) is 0. The second kappa shape index (κ2) is 5.44. The maximum atomic E-state index is 12.9. The van der Waals surface area contributed by atoms with E-state index in [1.807, 2.05) is 0 Å². The molecule has 0 spiro atoms. The summed E-state index contributed by atoms with van der Waals surface area (Å²) in [5, 5.41) is 0. The number of carbonyl (C=O) groups excluding carboxylic acids is 1. The van der Waals surface area contributed by atoms with Crippen LogP contribution in [0.4, 0.5) is 8.78 Å². The number of ether oxygens (including phenoxy) is 1. The lowest BCUT2D eigenvalue weighted by Crippen LogP contribution is -2.06. The van der Waals surface area contributed by atoms with Crippen LogP contribution in [0.3, 0.4) is 0 Å². The molecule has 0 radical (unpaired) electrons. The molecule has 2 heterocycles. The van der Waals surface area contributed by atoms with E-state index in [0.717, 1.165) is 0 Å². The molecule has 0 fully saturated rings. The van der Waals surface area contributed by atoms with E-state index in [-0.39, 0.29) is 12.5 Å². The molecule has 0 aromatic carbocycles. The summed E-state index contributed by atoms with van der Waals surface area (Å²) in [6, 6.07) is 1.60. The Morgan fingerprint density at radius 1 is 1.40 bits per heavy atom. The first kappa shape index (κ1) is 14.2. The third-order valence-electron chi connectivity index (χ3n) is 2.59. The molecule has 0 atom stereocenters. The fourth-order valence-corrected chi connectivity index (χ4v) is 1.78. The third-order valence-corrected chi connectivity index (χ3v) is 2.59. The van der Waals surface area contributed by atoms with Crippen LogP contribution in [0.25, 0.3) is 11.5 Å². The number of carbonyl (C=O) groups is 1. The average Bonchev–Trinajstić information content (AvgIpc) is 2.93. The van der Waals surface area contributed by atoms with Crippen molar-refractivity contribution < 1.29 is 27.1 Å². The van der Waals surface area contributed by atoms with E-state index in [4.69, 9.17) is 8.83 Å². The van der Waals surface area contributed by atoms with Crippen LogP contribution in [0.5, 0.6) is 0 Å². The molecule has 0 aliphatic rings. The highest BCUT2D eigenvalue weighted by Crippen LogP contribution is 2.31. The van der Waals surface area contributed by atoms with Crippen molar-refractivity contribution in [1.29, 1.82) is 0 Å². The minimum Gasteiger partial charge on any atom is -0.466 e. The van der Waals surface area contributed by atoms with E-state index >= 15 is 0 Å². The fourth-order valence-electron chi connectivity index (χ4n) is 1.78. The molecule has 0 aliphatic carbocycles.